The van der Waals surface area contributed by atoms with Crippen LogP contribution in [0.4, 0.5) is 23.9 Å². The van der Waals surface area contributed by atoms with E-state index in [9.17, 15) is 27.9 Å². The lowest BCUT2D eigenvalue weighted by molar-refractivity contribution is -0.137. The second kappa shape index (κ2) is 8.19. The molecule has 1 N–H and O–H groups in total. The molecule has 4 nitrogen and oxygen atoms in total. The number of anilines is 2. The topological polar surface area (TPSA) is 57.6 Å². The van der Waals surface area contributed by atoms with Crippen molar-refractivity contribution < 1.29 is 27.9 Å². The Bertz CT molecular complexity index is 1100. The molecule has 0 fully saturated rings. The van der Waals surface area contributed by atoms with Crippen LogP contribution in [-0.2, 0) is 16.4 Å². The van der Waals surface area contributed by atoms with Crippen molar-refractivity contribution in [3.8, 4) is 11.1 Å². The van der Waals surface area contributed by atoms with Gasteiger partial charge in [0, 0.05) is 16.6 Å². The first-order valence-electron chi connectivity index (χ1n) is 9.31. The van der Waals surface area contributed by atoms with Gasteiger partial charge < -0.3 is 5.11 Å². The molecule has 0 saturated carbocycles. The first-order chi connectivity index (χ1) is 14.4. The van der Waals surface area contributed by atoms with E-state index in [2.05, 4.69) is 20.8 Å². The van der Waals surface area contributed by atoms with Gasteiger partial charge in [-0.15, -0.1) is 11.3 Å². The number of carbonyl (C=O) groups excluding carboxylic acids is 1. The third kappa shape index (κ3) is 4.64. The maximum Gasteiger partial charge on any atom is 0.416 e. The monoisotopic (exact) mass is 447 g/mol. The van der Waals surface area contributed by atoms with Crippen LogP contribution in [0, 0.1) is 0 Å². The molecule has 2 aromatic carbocycles. The Labute approximate surface area is 181 Å². The predicted molar refractivity (Wildman–Crippen MR) is 115 cm³/mol. The van der Waals surface area contributed by atoms with E-state index in [-0.39, 0.29) is 21.5 Å². The third-order valence-corrected chi connectivity index (χ3v) is 5.82. The zero-order valence-corrected chi connectivity index (χ0v) is 17.8. The van der Waals surface area contributed by atoms with Gasteiger partial charge in [-0.3, -0.25) is 9.69 Å². The molecule has 3 aromatic rings. The van der Waals surface area contributed by atoms with Gasteiger partial charge in [-0.05, 0) is 40.8 Å². The van der Waals surface area contributed by atoms with Gasteiger partial charge in [0.15, 0.2) is 0 Å². The number of carboxylic acid groups (broad SMARTS) is 1. The van der Waals surface area contributed by atoms with E-state index in [0.29, 0.717) is 17.7 Å². The Morgan fingerprint density at radius 2 is 1.52 bits per heavy atom. The summed E-state index contributed by atoms with van der Waals surface area (Å²) in [5, 5.41) is 11.5. The molecule has 0 aliphatic rings. The van der Waals surface area contributed by atoms with Crippen molar-refractivity contribution in [2.45, 2.75) is 32.4 Å². The molecule has 1 heterocycles. The Kier molecular flexibility index (Phi) is 5.96. The highest BCUT2D eigenvalue weighted by Crippen LogP contribution is 2.41. The van der Waals surface area contributed by atoms with Crippen molar-refractivity contribution in [2.75, 3.05) is 4.90 Å². The molecule has 0 bridgehead atoms. The Morgan fingerprint density at radius 1 is 0.968 bits per heavy atom. The first kappa shape index (κ1) is 22.6. The van der Waals surface area contributed by atoms with Crippen molar-refractivity contribution in [2.24, 2.45) is 0 Å². The zero-order chi connectivity index (χ0) is 23.0. The predicted octanol–water partition coefficient (Wildman–Crippen LogP) is 6.72. The van der Waals surface area contributed by atoms with Gasteiger partial charge in [0.2, 0.25) is 6.41 Å². The second-order valence-corrected chi connectivity index (χ2v) is 8.84. The van der Waals surface area contributed by atoms with Crippen LogP contribution < -0.4 is 4.90 Å². The quantitative estimate of drug-likeness (QED) is 0.442. The highest BCUT2D eigenvalue weighted by Gasteiger charge is 2.31. The Morgan fingerprint density at radius 3 is 1.97 bits per heavy atom. The standard InChI is InChI=1S/C23H20F3NO3S/c1-22(2,3)15-8-10-17(11-9-15)27(13-28)20-19(21(29)30)18(12-31-20)14-4-6-16(7-5-14)23(24,25)26/h4-13H,1-3H3,(H,29,30). The summed E-state index contributed by atoms with van der Waals surface area (Å²) >= 11 is 1.04. The number of alkyl halides is 3. The summed E-state index contributed by atoms with van der Waals surface area (Å²) in [4.78, 5) is 25.1. The van der Waals surface area contributed by atoms with E-state index in [1.165, 1.54) is 22.4 Å². The zero-order valence-electron chi connectivity index (χ0n) is 17.0. The number of nitrogens with zero attached hydrogens (tertiary/aromatic N) is 1. The summed E-state index contributed by atoms with van der Waals surface area (Å²) in [6, 6.07) is 11.5. The molecule has 0 radical (unpaired) electrons. The molecule has 0 unspecified atom stereocenters. The summed E-state index contributed by atoms with van der Waals surface area (Å²) < 4.78 is 38.5. The van der Waals surface area contributed by atoms with Crippen LogP contribution in [0.25, 0.3) is 11.1 Å². The average molecular weight is 447 g/mol. The Hall–Kier alpha value is -3.13. The fourth-order valence-corrected chi connectivity index (χ4v) is 4.19. The molecular formula is C23H20F3NO3S. The number of rotatable bonds is 5. The minimum atomic E-state index is -4.48. The molecule has 0 aliphatic carbocycles. The smallest absolute Gasteiger partial charge is 0.416 e. The van der Waals surface area contributed by atoms with Crippen molar-refractivity contribution in [1.82, 2.24) is 0 Å². The van der Waals surface area contributed by atoms with E-state index in [4.69, 9.17) is 0 Å². The first-order valence-corrected chi connectivity index (χ1v) is 10.2. The molecule has 1 aromatic heterocycles. The molecule has 31 heavy (non-hydrogen) atoms. The van der Waals surface area contributed by atoms with Crippen LogP contribution in [0.5, 0.6) is 0 Å². The molecule has 162 valence electrons. The van der Waals surface area contributed by atoms with Crippen molar-refractivity contribution in [3.05, 3.63) is 70.6 Å². The number of thiophene rings is 1. The molecule has 0 atom stereocenters. The fraction of sp³-hybridized carbons (Fsp3) is 0.217. The number of amides is 1. The van der Waals surface area contributed by atoms with Gasteiger partial charge in [0.1, 0.15) is 10.6 Å². The normalized spacial score (nSPS) is 11.9. The summed E-state index contributed by atoms with van der Waals surface area (Å²) in [5.41, 5.74) is 1.06. The van der Waals surface area contributed by atoms with E-state index >= 15 is 0 Å². The van der Waals surface area contributed by atoms with Crippen molar-refractivity contribution >= 4 is 34.4 Å². The molecule has 3 rings (SSSR count). The van der Waals surface area contributed by atoms with E-state index < -0.39 is 17.7 Å². The fourth-order valence-electron chi connectivity index (χ4n) is 3.13. The number of benzene rings is 2. The van der Waals surface area contributed by atoms with Crippen molar-refractivity contribution in [3.63, 3.8) is 0 Å². The number of hydrogen-bond acceptors (Lipinski definition) is 3. The number of aromatic carboxylic acids is 1. The molecular weight excluding hydrogens is 427 g/mol. The highest BCUT2D eigenvalue weighted by molar-refractivity contribution is 7.15. The number of halogens is 3. The van der Waals surface area contributed by atoms with Crippen LogP contribution in [-0.4, -0.2) is 17.5 Å². The van der Waals surface area contributed by atoms with Crippen LogP contribution in [0.15, 0.2) is 53.9 Å². The van der Waals surface area contributed by atoms with Crippen LogP contribution >= 0.6 is 11.3 Å². The third-order valence-electron chi connectivity index (χ3n) is 4.84. The molecule has 1 amide bonds. The van der Waals surface area contributed by atoms with Gasteiger partial charge in [0.05, 0.1) is 5.56 Å². The largest absolute Gasteiger partial charge is 0.478 e. The van der Waals surface area contributed by atoms with Gasteiger partial charge in [-0.1, -0.05) is 45.0 Å². The highest BCUT2D eigenvalue weighted by atomic mass is 32.1. The van der Waals surface area contributed by atoms with Gasteiger partial charge in [-0.25, -0.2) is 4.79 Å². The van der Waals surface area contributed by atoms with Crippen molar-refractivity contribution in [1.29, 1.82) is 0 Å². The van der Waals surface area contributed by atoms with E-state index in [1.807, 2.05) is 12.1 Å². The van der Waals surface area contributed by atoms with E-state index in [1.54, 1.807) is 12.1 Å². The maximum atomic E-state index is 12.8. The van der Waals surface area contributed by atoms with Crippen LogP contribution in [0.3, 0.4) is 0 Å². The Balaban J connectivity index is 2.05. The summed E-state index contributed by atoms with van der Waals surface area (Å²) in [7, 11) is 0. The molecule has 0 spiro atoms. The van der Waals surface area contributed by atoms with Gasteiger partial charge in [-0.2, -0.15) is 13.2 Å². The average Bonchev–Trinajstić information content (AvgIpc) is 3.13. The number of hydrogen-bond donors (Lipinski definition) is 1. The molecule has 0 aliphatic heterocycles. The van der Waals surface area contributed by atoms with E-state index in [0.717, 1.165) is 29.0 Å². The maximum absolute atomic E-state index is 12.8. The lowest BCUT2D eigenvalue weighted by Crippen LogP contribution is -2.17. The molecule has 8 heteroatoms. The lowest BCUT2D eigenvalue weighted by Gasteiger charge is -2.21. The van der Waals surface area contributed by atoms with Crippen LogP contribution in [0.2, 0.25) is 0 Å². The minimum absolute atomic E-state index is 0.0879. The SMILES string of the molecule is CC(C)(C)c1ccc(N(C=O)c2scc(-c3ccc(C(F)(F)F)cc3)c2C(=O)O)cc1. The lowest BCUT2D eigenvalue weighted by atomic mass is 9.87. The van der Waals surface area contributed by atoms with Gasteiger partial charge >= 0.3 is 12.1 Å². The summed E-state index contributed by atoms with van der Waals surface area (Å²) in [6.45, 7) is 6.16. The van der Waals surface area contributed by atoms with Crippen LogP contribution in [0.1, 0.15) is 42.3 Å². The van der Waals surface area contributed by atoms with Gasteiger partial charge in [0.25, 0.3) is 0 Å². The summed E-state index contributed by atoms with van der Waals surface area (Å²) in [6.07, 6.45) is -3.96. The molecule has 0 saturated heterocycles. The second-order valence-electron chi connectivity index (χ2n) is 7.98. The number of carbonyl (C=O) groups is 2. The summed E-state index contributed by atoms with van der Waals surface area (Å²) in [5.74, 6) is -1.27. The minimum Gasteiger partial charge on any atom is -0.478 e. The number of carboxylic acids is 1.